The molecule has 1 aromatic heterocycles. The maximum Gasteiger partial charge on any atom is 0.129 e. The molecule has 0 radical (unpaired) electrons. The Hall–Kier alpha value is -0.840. The summed E-state index contributed by atoms with van der Waals surface area (Å²) in [5.74, 6) is 0.288. The lowest BCUT2D eigenvalue weighted by Crippen LogP contribution is -2.44. The van der Waals surface area contributed by atoms with Crippen molar-refractivity contribution in [3.63, 3.8) is 0 Å². The molecule has 1 fully saturated rings. The highest BCUT2D eigenvalue weighted by molar-refractivity contribution is 6.30. The summed E-state index contributed by atoms with van der Waals surface area (Å²) in [5.41, 5.74) is 4.04. The summed E-state index contributed by atoms with van der Waals surface area (Å²) >= 11 is 5.95. The molecular weight excluding hydrogens is 252 g/mol. The van der Waals surface area contributed by atoms with Crippen LogP contribution in [0.2, 0.25) is 5.02 Å². The molecule has 1 aliphatic heterocycles. The van der Waals surface area contributed by atoms with E-state index in [9.17, 15) is 5.11 Å². The Morgan fingerprint density at radius 1 is 1.39 bits per heavy atom. The van der Waals surface area contributed by atoms with Crippen LogP contribution in [0.15, 0.2) is 12.3 Å². The maximum atomic E-state index is 11.0. The minimum absolute atomic E-state index is 0.288. The van der Waals surface area contributed by atoms with Crippen molar-refractivity contribution in [2.75, 3.05) is 5.73 Å². The monoisotopic (exact) mass is 270 g/mol. The van der Waals surface area contributed by atoms with Crippen LogP contribution in [0.25, 0.3) is 0 Å². The lowest BCUT2D eigenvalue weighted by atomic mass is 9.77. The molecule has 0 bridgehead atoms. The third-order valence-electron chi connectivity index (χ3n) is 3.54. The zero-order chi connectivity index (χ0) is 13.8. The first-order valence-corrected chi connectivity index (χ1v) is 6.29. The third-order valence-corrected chi connectivity index (χ3v) is 3.75. The first-order chi connectivity index (χ1) is 8.07. The number of rotatable bonds is 1. The highest BCUT2D eigenvalue weighted by Crippen LogP contribution is 2.52. The zero-order valence-electron chi connectivity index (χ0n) is 11.1. The smallest absolute Gasteiger partial charge is 0.129 e. The summed E-state index contributed by atoms with van der Waals surface area (Å²) in [6, 6.07) is 1.66. The maximum absolute atomic E-state index is 11.0. The van der Waals surface area contributed by atoms with Crippen molar-refractivity contribution in [3.05, 3.63) is 22.8 Å². The van der Waals surface area contributed by atoms with Crippen molar-refractivity contribution in [1.29, 1.82) is 0 Å². The second kappa shape index (κ2) is 3.83. The number of aliphatic hydroxyl groups is 1. The molecule has 3 N–H and O–H groups in total. The highest BCUT2D eigenvalue weighted by Gasteiger charge is 2.58. The number of pyridine rings is 1. The summed E-state index contributed by atoms with van der Waals surface area (Å²) in [6.07, 6.45) is 1.91. The second-order valence-corrected chi connectivity index (χ2v) is 6.43. The number of hydrogen-bond donors (Lipinski definition) is 2. The molecule has 18 heavy (non-hydrogen) atoms. The van der Waals surface area contributed by atoms with Crippen LogP contribution >= 0.6 is 11.6 Å². The Bertz CT molecular complexity index is 488. The van der Waals surface area contributed by atoms with Crippen LogP contribution in [-0.4, -0.2) is 21.3 Å². The number of aromatic nitrogens is 1. The lowest BCUT2D eigenvalue weighted by molar-refractivity contribution is -0.129. The number of nitrogens with two attached hydrogens (primary N) is 1. The van der Waals surface area contributed by atoms with Crippen LogP contribution in [0, 0.1) is 0 Å². The van der Waals surface area contributed by atoms with E-state index < -0.39 is 16.8 Å². The van der Waals surface area contributed by atoms with E-state index in [2.05, 4.69) is 4.98 Å². The standard InChI is InChI=1S/C13H19ClN2O2/c1-11(2)7-13(17,12(3,4)18-11)9-5-8(14)6-16-10(9)15/h5-6,17H,7H2,1-4H3,(H2,15,16). The number of hydrogen-bond acceptors (Lipinski definition) is 4. The highest BCUT2D eigenvalue weighted by atomic mass is 35.5. The van der Waals surface area contributed by atoms with Gasteiger partial charge in [-0.2, -0.15) is 0 Å². The van der Waals surface area contributed by atoms with Gasteiger partial charge in [0.1, 0.15) is 11.4 Å². The van der Waals surface area contributed by atoms with Gasteiger partial charge in [-0.05, 0) is 33.8 Å². The average molecular weight is 271 g/mol. The topological polar surface area (TPSA) is 68.4 Å². The molecule has 0 spiro atoms. The summed E-state index contributed by atoms with van der Waals surface area (Å²) in [7, 11) is 0. The molecule has 0 saturated carbocycles. The van der Waals surface area contributed by atoms with Crippen LogP contribution in [0.4, 0.5) is 5.82 Å². The van der Waals surface area contributed by atoms with Gasteiger partial charge in [0.2, 0.25) is 0 Å². The summed E-state index contributed by atoms with van der Waals surface area (Å²) in [6.45, 7) is 7.59. The number of ether oxygens (including phenoxy) is 1. The van der Waals surface area contributed by atoms with Crippen molar-refractivity contribution in [2.24, 2.45) is 0 Å². The molecule has 5 heteroatoms. The molecule has 1 saturated heterocycles. The first kappa shape index (κ1) is 13.6. The minimum Gasteiger partial charge on any atom is -0.383 e. The van der Waals surface area contributed by atoms with Gasteiger partial charge < -0.3 is 15.6 Å². The van der Waals surface area contributed by atoms with E-state index >= 15 is 0 Å². The van der Waals surface area contributed by atoms with Crippen molar-refractivity contribution in [2.45, 2.75) is 50.9 Å². The lowest BCUT2D eigenvalue weighted by Gasteiger charge is -2.35. The van der Waals surface area contributed by atoms with E-state index in [0.717, 1.165) is 0 Å². The van der Waals surface area contributed by atoms with Crippen LogP contribution in [0.5, 0.6) is 0 Å². The molecule has 0 amide bonds. The number of nitrogens with zero attached hydrogens (tertiary/aromatic N) is 1. The summed E-state index contributed by atoms with van der Waals surface area (Å²) < 4.78 is 5.92. The number of nitrogen functional groups attached to an aromatic ring is 1. The molecule has 1 atom stereocenters. The van der Waals surface area contributed by atoms with E-state index in [1.807, 2.05) is 27.7 Å². The molecule has 1 aromatic rings. The molecule has 4 nitrogen and oxygen atoms in total. The Morgan fingerprint density at radius 2 is 2.00 bits per heavy atom. The molecule has 0 aliphatic carbocycles. The van der Waals surface area contributed by atoms with Gasteiger partial charge in [0.25, 0.3) is 0 Å². The van der Waals surface area contributed by atoms with Crippen LogP contribution in [0.3, 0.4) is 0 Å². The van der Waals surface area contributed by atoms with Crippen molar-refractivity contribution in [3.8, 4) is 0 Å². The number of halogens is 1. The van der Waals surface area contributed by atoms with Gasteiger partial charge >= 0.3 is 0 Å². The van der Waals surface area contributed by atoms with Crippen LogP contribution in [-0.2, 0) is 10.3 Å². The van der Waals surface area contributed by atoms with Gasteiger partial charge in [-0.3, -0.25) is 0 Å². The van der Waals surface area contributed by atoms with Crippen LogP contribution < -0.4 is 5.73 Å². The summed E-state index contributed by atoms with van der Waals surface area (Å²) in [5, 5.41) is 11.5. The molecule has 0 aromatic carbocycles. The van der Waals surface area contributed by atoms with E-state index in [1.54, 1.807) is 6.07 Å². The molecule has 1 unspecified atom stereocenters. The van der Waals surface area contributed by atoms with Gasteiger partial charge in [0, 0.05) is 18.2 Å². The second-order valence-electron chi connectivity index (χ2n) is 6.00. The Morgan fingerprint density at radius 3 is 2.50 bits per heavy atom. The predicted molar refractivity (Wildman–Crippen MR) is 71.4 cm³/mol. The van der Waals surface area contributed by atoms with E-state index in [4.69, 9.17) is 22.1 Å². The van der Waals surface area contributed by atoms with Crippen molar-refractivity contribution < 1.29 is 9.84 Å². The fourth-order valence-electron chi connectivity index (χ4n) is 2.84. The van der Waals surface area contributed by atoms with Gasteiger partial charge in [0.15, 0.2) is 0 Å². The van der Waals surface area contributed by atoms with Gasteiger partial charge in [-0.1, -0.05) is 11.6 Å². The largest absolute Gasteiger partial charge is 0.383 e. The zero-order valence-corrected chi connectivity index (χ0v) is 11.9. The van der Waals surface area contributed by atoms with E-state index in [0.29, 0.717) is 17.0 Å². The van der Waals surface area contributed by atoms with Crippen LogP contribution in [0.1, 0.15) is 39.7 Å². The average Bonchev–Trinajstić information content (AvgIpc) is 2.35. The Balaban J connectivity index is 2.58. The van der Waals surface area contributed by atoms with E-state index in [1.165, 1.54) is 6.20 Å². The molecule has 2 rings (SSSR count). The fourth-order valence-corrected chi connectivity index (χ4v) is 3.00. The molecular formula is C13H19ClN2O2. The summed E-state index contributed by atoms with van der Waals surface area (Å²) in [4.78, 5) is 4.01. The molecule has 1 aliphatic rings. The SMILES string of the molecule is CC1(C)CC(O)(c2cc(Cl)cnc2N)C(C)(C)O1. The first-order valence-electron chi connectivity index (χ1n) is 5.91. The van der Waals surface area contributed by atoms with E-state index in [-0.39, 0.29) is 5.82 Å². The molecule has 2 heterocycles. The fraction of sp³-hybridized carbons (Fsp3) is 0.615. The quantitative estimate of drug-likeness (QED) is 0.823. The van der Waals surface area contributed by atoms with Crippen molar-refractivity contribution >= 4 is 17.4 Å². The normalized spacial score (nSPS) is 29.4. The van der Waals surface area contributed by atoms with Gasteiger partial charge in [-0.25, -0.2) is 4.98 Å². The Kier molecular flexibility index (Phi) is 2.89. The van der Waals surface area contributed by atoms with Crippen molar-refractivity contribution in [1.82, 2.24) is 4.98 Å². The van der Waals surface area contributed by atoms with Gasteiger partial charge in [-0.15, -0.1) is 0 Å². The third kappa shape index (κ3) is 1.98. The number of anilines is 1. The Labute approximate surface area is 112 Å². The van der Waals surface area contributed by atoms with Gasteiger partial charge in [0.05, 0.1) is 16.2 Å². The minimum atomic E-state index is -1.20. The predicted octanol–water partition coefficient (Wildman–Crippen LogP) is 2.48. The molecule has 100 valence electrons.